The molecule has 0 unspecified atom stereocenters. The van der Waals surface area contributed by atoms with E-state index in [0.717, 1.165) is 5.69 Å². The number of nitrogens with one attached hydrogen (secondary N) is 1. The molecule has 2 aromatic rings. The zero-order valence-corrected chi connectivity index (χ0v) is 11.4. The number of nitrogens with zero attached hydrogens (tertiary/aromatic N) is 4. The number of tetrazole rings is 1. The number of hydrogen-bond acceptors (Lipinski definition) is 5. The highest BCUT2D eigenvalue weighted by Gasteiger charge is 2.36. The van der Waals surface area contributed by atoms with Gasteiger partial charge in [-0.3, -0.25) is 0 Å². The van der Waals surface area contributed by atoms with Crippen LogP contribution in [0.3, 0.4) is 0 Å². The summed E-state index contributed by atoms with van der Waals surface area (Å²) >= 11 is 0. The van der Waals surface area contributed by atoms with E-state index in [1.807, 2.05) is 44.2 Å². The number of aliphatic carboxylic acids is 1. The van der Waals surface area contributed by atoms with Crippen LogP contribution in [0.15, 0.2) is 30.3 Å². The van der Waals surface area contributed by atoms with Gasteiger partial charge in [0, 0.05) is 0 Å². The van der Waals surface area contributed by atoms with E-state index >= 15 is 0 Å². The average Bonchev–Trinajstić information content (AvgIpc) is 2.93. The molecule has 0 bridgehead atoms. The third kappa shape index (κ3) is 2.47. The molecule has 106 valence electrons. The second-order valence-electron chi connectivity index (χ2n) is 4.47. The van der Waals surface area contributed by atoms with Gasteiger partial charge in [0.1, 0.15) is 5.54 Å². The fourth-order valence-electron chi connectivity index (χ4n) is 2.00. The van der Waals surface area contributed by atoms with Crippen molar-refractivity contribution in [3.63, 3.8) is 0 Å². The van der Waals surface area contributed by atoms with E-state index in [1.165, 1.54) is 4.68 Å². The zero-order chi connectivity index (χ0) is 14.6. The summed E-state index contributed by atoms with van der Waals surface area (Å²) in [5, 5.41) is 23.8. The number of rotatable bonds is 6. The third-order valence-electron chi connectivity index (χ3n) is 3.44. The first-order chi connectivity index (χ1) is 9.63. The lowest BCUT2D eigenvalue weighted by molar-refractivity contribution is -0.142. The molecule has 0 aliphatic heterocycles. The van der Waals surface area contributed by atoms with Crippen LogP contribution in [0, 0.1) is 0 Å². The molecule has 0 saturated heterocycles. The van der Waals surface area contributed by atoms with Gasteiger partial charge in [-0.2, -0.15) is 4.68 Å². The Bertz CT molecular complexity index is 577. The molecule has 0 saturated carbocycles. The molecule has 0 spiro atoms. The van der Waals surface area contributed by atoms with Crippen LogP contribution >= 0.6 is 0 Å². The topological polar surface area (TPSA) is 92.9 Å². The number of aromatic nitrogens is 4. The highest BCUT2D eigenvalue weighted by atomic mass is 16.4. The molecule has 0 amide bonds. The van der Waals surface area contributed by atoms with Gasteiger partial charge in [-0.25, -0.2) is 4.79 Å². The van der Waals surface area contributed by atoms with E-state index in [0.29, 0.717) is 18.8 Å². The Kier molecular flexibility index (Phi) is 3.97. The molecule has 1 aromatic heterocycles. The highest BCUT2D eigenvalue weighted by Crippen LogP contribution is 2.22. The number of hydrogen-bond donors (Lipinski definition) is 2. The van der Waals surface area contributed by atoms with Gasteiger partial charge in [-0.15, -0.1) is 0 Å². The quantitative estimate of drug-likeness (QED) is 0.833. The first kappa shape index (κ1) is 14.0. The molecule has 7 nitrogen and oxygen atoms in total. The van der Waals surface area contributed by atoms with E-state index in [1.54, 1.807) is 0 Å². The maximum Gasteiger partial charge on any atom is 0.329 e. The number of para-hydroxylation sites is 1. The Hall–Kier alpha value is -2.44. The maximum atomic E-state index is 11.5. The van der Waals surface area contributed by atoms with Crippen LogP contribution < -0.4 is 5.32 Å². The summed E-state index contributed by atoms with van der Waals surface area (Å²) < 4.78 is 1.49. The molecule has 0 fully saturated rings. The Balaban J connectivity index is 2.36. The summed E-state index contributed by atoms with van der Waals surface area (Å²) in [6, 6.07) is 9.32. The number of benzene rings is 1. The molecular weight excluding hydrogens is 258 g/mol. The minimum Gasteiger partial charge on any atom is -0.480 e. The van der Waals surface area contributed by atoms with Gasteiger partial charge in [0.05, 0.1) is 5.69 Å². The number of carbonyl (C=O) groups is 1. The smallest absolute Gasteiger partial charge is 0.329 e. The molecule has 0 aliphatic rings. The lowest BCUT2D eigenvalue weighted by Crippen LogP contribution is -2.46. The predicted molar refractivity (Wildman–Crippen MR) is 73.7 cm³/mol. The van der Waals surface area contributed by atoms with E-state index < -0.39 is 11.5 Å². The van der Waals surface area contributed by atoms with Crippen molar-refractivity contribution in [3.8, 4) is 5.69 Å². The van der Waals surface area contributed by atoms with Crippen LogP contribution in [-0.4, -0.2) is 36.8 Å². The second-order valence-corrected chi connectivity index (χ2v) is 4.47. The minimum absolute atomic E-state index is 0.322. The highest BCUT2D eigenvalue weighted by molar-refractivity contribution is 5.82. The molecule has 1 heterocycles. The van der Waals surface area contributed by atoms with E-state index in [4.69, 9.17) is 0 Å². The molecule has 7 heteroatoms. The fraction of sp³-hybridized carbons (Fsp3) is 0.385. The standard InChI is InChI=1S/C13H17N5O2/c1-3-13(4-2,11(19)20)14-12-15-16-17-18(12)10-8-6-5-7-9-10/h5-9H,3-4H2,1-2H3,(H,19,20)(H,14,15,17). The Morgan fingerprint density at radius 3 is 2.50 bits per heavy atom. The molecule has 2 N–H and O–H groups in total. The molecular formula is C13H17N5O2. The van der Waals surface area contributed by atoms with Gasteiger partial charge in [0.25, 0.3) is 0 Å². The number of anilines is 1. The first-order valence-corrected chi connectivity index (χ1v) is 6.48. The van der Waals surface area contributed by atoms with Crippen molar-refractivity contribution in [2.75, 3.05) is 5.32 Å². The fourth-order valence-corrected chi connectivity index (χ4v) is 2.00. The lowest BCUT2D eigenvalue weighted by atomic mass is 9.93. The molecule has 2 rings (SSSR count). The van der Waals surface area contributed by atoms with E-state index in [9.17, 15) is 9.90 Å². The van der Waals surface area contributed by atoms with Gasteiger partial charge in [0.15, 0.2) is 0 Å². The zero-order valence-electron chi connectivity index (χ0n) is 11.4. The summed E-state index contributed by atoms with van der Waals surface area (Å²) in [7, 11) is 0. The van der Waals surface area contributed by atoms with Gasteiger partial charge in [-0.05, 0) is 35.4 Å². The van der Waals surface area contributed by atoms with Crippen molar-refractivity contribution in [2.45, 2.75) is 32.2 Å². The van der Waals surface area contributed by atoms with Crippen LogP contribution in [-0.2, 0) is 4.79 Å². The van der Waals surface area contributed by atoms with Crippen LogP contribution in [0.25, 0.3) is 5.69 Å². The van der Waals surface area contributed by atoms with Crippen LogP contribution in [0.4, 0.5) is 5.95 Å². The second kappa shape index (κ2) is 5.68. The van der Waals surface area contributed by atoms with Gasteiger partial charge in [0.2, 0.25) is 5.95 Å². The van der Waals surface area contributed by atoms with Gasteiger partial charge in [-0.1, -0.05) is 37.1 Å². The van der Waals surface area contributed by atoms with Crippen LogP contribution in [0.2, 0.25) is 0 Å². The van der Waals surface area contributed by atoms with E-state index in [-0.39, 0.29) is 0 Å². The molecule has 20 heavy (non-hydrogen) atoms. The molecule has 0 aliphatic carbocycles. The van der Waals surface area contributed by atoms with Gasteiger partial charge < -0.3 is 10.4 Å². The van der Waals surface area contributed by atoms with Crippen LogP contribution in [0.5, 0.6) is 0 Å². The molecule has 0 radical (unpaired) electrons. The normalized spacial score (nSPS) is 11.3. The van der Waals surface area contributed by atoms with Crippen molar-refractivity contribution >= 4 is 11.9 Å². The maximum absolute atomic E-state index is 11.5. The van der Waals surface area contributed by atoms with Crippen molar-refractivity contribution in [3.05, 3.63) is 30.3 Å². The molecule has 0 atom stereocenters. The van der Waals surface area contributed by atoms with E-state index in [2.05, 4.69) is 20.8 Å². The largest absolute Gasteiger partial charge is 0.480 e. The number of carboxylic acids is 1. The summed E-state index contributed by atoms with van der Waals surface area (Å²) in [6.07, 6.45) is 0.862. The summed E-state index contributed by atoms with van der Waals surface area (Å²) in [4.78, 5) is 11.5. The Morgan fingerprint density at radius 2 is 1.95 bits per heavy atom. The summed E-state index contributed by atoms with van der Waals surface area (Å²) in [5.41, 5.74) is -0.298. The van der Waals surface area contributed by atoms with Gasteiger partial charge >= 0.3 is 5.97 Å². The van der Waals surface area contributed by atoms with Crippen molar-refractivity contribution < 1.29 is 9.90 Å². The first-order valence-electron chi connectivity index (χ1n) is 6.48. The average molecular weight is 275 g/mol. The van der Waals surface area contributed by atoms with Crippen molar-refractivity contribution in [2.24, 2.45) is 0 Å². The SMILES string of the molecule is CCC(CC)(Nc1nnnn1-c1ccccc1)C(=O)O. The van der Waals surface area contributed by atoms with Crippen LogP contribution in [0.1, 0.15) is 26.7 Å². The van der Waals surface area contributed by atoms with Crippen molar-refractivity contribution in [1.29, 1.82) is 0 Å². The monoisotopic (exact) mass is 275 g/mol. The molecule has 1 aromatic carbocycles. The minimum atomic E-state index is -1.07. The number of carboxylic acid groups (broad SMARTS) is 1. The summed E-state index contributed by atoms with van der Waals surface area (Å²) in [6.45, 7) is 3.64. The summed E-state index contributed by atoms with van der Waals surface area (Å²) in [5.74, 6) is -0.590. The lowest BCUT2D eigenvalue weighted by Gasteiger charge is -2.28. The van der Waals surface area contributed by atoms with Crippen molar-refractivity contribution in [1.82, 2.24) is 20.2 Å². The Morgan fingerprint density at radius 1 is 1.30 bits per heavy atom. The predicted octanol–water partition coefficient (Wildman–Crippen LogP) is 1.72. The Labute approximate surface area is 116 Å². The third-order valence-corrected chi connectivity index (χ3v) is 3.44.